The maximum Gasteiger partial charge on any atom is 0.254 e. The number of fused-ring (bicyclic) bond motifs is 1. The van der Waals surface area contributed by atoms with Crippen LogP contribution in [0.3, 0.4) is 0 Å². The van der Waals surface area contributed by atoms with Crippen molar-refractivity contribution in [3.05, 3.63) is 52.8 Å². The number of rotatable bonds is 4. The zero-order chi connectivity index (χ0) is 19.7. The molecule has 0 aliphatic heterocycles. The highest BCUT2D eigenvalue weighted by atomic mass is 16.2. The van der Waals surface area contributed by atoms with Crippen LogP contribution >= 0.6 is 0 Å². The summed E-state index contributed by atoms with van der Waals surface area (Å²) in [5, 5.41) is 7.89. The van der Waals surface area contributed by atoms with Crippen molar-refractivity contribution < 1.29 is 9.59 Å². The number of benzene rings is 1. The van der Waals surface area contributed by atoms with Gasteiger partial charge in [0, 0.05) is 25.5 Å². The molecular formula is C20H23N5O2. The summed E-state index contributed by atoms with van der Waals surface area (Å²) in [7, 11) is 3.42. The molecule has 2 amide bonds. The van der Waals surface area contributed by atoms with Crippen LogP contribution in [0.25, 0.3) is 11.0 Å². The number of nitrogens with one attached hydrogen (secondary N) is 1. The molecule has 0 bridgehead atoms. The highest BCUT2D eigenvalue weighted by Crippen LogP contribution is 2.22. The number of aromatic nitrogens is 3. The first kappa shape index (κ1) is 18.6. The summed E-state index contributed by atoms with van der Waals surface area (Å²) in [5.41, 5.74) is 4.45. The van der Waals surface area contributed by atoms with Crippen LogP contribution in [0.15, 0.2) is 30.3 Å². The molecule has 0 aliphatic rings. The molecule has 0 unspecified atom stereocenters. The Kier molecular flexibility index (Phi) is 4.94. The Morgan fingerprint density at radius 1 is 1.15 bits per heavy atom. The lowest BCUT2D eigenvalue weighted by Crippen LogP contribution is -2.35. The summed E-state index contributed by atoms with van der Waals surface area (Å²) in [6, 6.07) is 9.26. The normalized spacial score (nSPS) is 10.9. The van der Waals surface area contributed by atoms with Gasteiger partial charge < -0.3 is 10.2 Å². The van der Waals surface area contributed by atoms with E-state index in [-0.39, 0.29) is 18.4 Å². The Morgan fingerprint density at radius 2 is 1.81 bits per heavy atom. The molecule has 1 N–H and O–H groups in total. The Morgan fingerprint density at radius 3 is 2.48 bits per heavy atom. The monoisotopic (exact) mass is 365 g/mol. The number of amides is 2. The number of carbonyl (C=O) groups is 2. The lowest BCUT2D eigenvalue weighted by molar-refractivity contribution is -0.116. The van der Waals surface area contributed by atoms with Crippen molar-refractivity contribution in [2.45, 2.75) is 20.8 Å². The summed E-state index contributed by atoms with van der Waals surface area (Å²) < 4.78 is 1.67. The lowest BCUT2D eigenvalue weighted by Gasteiger charge is -2.18. The summed E-state index contributed by atoms with van der Waals surface area (Å²) in [6.07, 6.45) is 0. The minimum atomic E-state index is -0.250. The van der Waals surface area contributed by atoms with E-state index < -0.39 is 0 Å². The smallest absolute Gasteiger partial charge is 0.254 e. The van der Waals surface area contributed by atoms with E-state index in [2.05, 4.69) is 15.4 Å². The molecule has 0 fully saturated rings. The van der Waals surface area contributed by atoms with Gasteiger partial charge in [0.15, 0.2) is 5.65 Å². The van der Waals surface area contributed by atoms with Gasteiger partial charge in [-0.1, -0.05) is 17.7 Å². The molecule has 0 saturated carbocycles. The van der Waals surface area contributed by atoms with Gasteiger partial charge in [0.1, 0.15) is 0 Å². The quantitative estimate of drug-likeness (QED) is 0.771. The molecule has 7 heteroatoms. The van der Waals surface area contributed by atoms with Crippen LogP contribution in [0, 0.1) is 20.8 Å². The number of hydrogen-bond acceptors (Lipinski definition) is 4. The number of nitrogens with zero attached hydrogens (tertiary/aromatic N) is 4. The molecule has 7 nitrogen and oxygen atoms in total. The topological polar surface area (TPSA) is 80.1 Å². The molecule has 1 aromatic carbocycles. The van der Waals surface area contributed by atoms with Crippen molar-refractivity contribution in [3.63, 3.8) is 0 Å². The Labute approximate surface area is 158 Å². The fraction of sp³-hybridized carbons (Fsp3) is 0.300. The lowest BCUT2D eigenvalue weighted by atomic mass is 10.1. The second-order valence-corrected chi connectivity index (χ2v) is 6.79. The standard InChI is InChI=1S/C20H23N5O2/c1-12-6-8-15(9-7-12)22-17(26)11-24(4)20(27)16-10-13(2)21-19-18(16)14(3)23-25(19)5/h6-10H,11H2,1-5H3,(H,22,26). The van der Waals surface area contributed by atoms with Crippen molar-refractivity contribution in [2.24, 2.45) is 7.05 Å². The van der Waals surface area contributed by atoms with Gasteiger partial charge in [0.25, 0.3) is 5.91 Å². The van der Waals surface area contributed by atoms with Crippen LogP contribution in [0.4, 0.5) is 5.69 Å². The fourth-order valence-corrected chi connectivity index (χ4v) is 3.07. The van der Waals surface area contributed by atoms with E-state index in [4.69, 9.17) is 0 Å². The number of carbonyl (C=O) groups excluding carboxylic acids is 2. The molecule has 27 heavy (non-hydrogen) atoms. The first-order valence-electron chi connectivity index (χ1n) is 8.69. The Hall–Kier alpha value is -3.22. The molecule has 0 atom stereocenters. The van der Waals surface area contributed by atoms with E-state index in [0.29, 0.717) is 16.9 Å². The van der Waals surface area contributed by atoms with Gasteiger partial charge in [-0.25, -0.2) is 4.98 Å². The van der Waals surface area contributed by atoms with Crippen LogP contribution in [-0.2, 0) is 11.8 Å². The highest BCUT2D eigenvalue weighted by molar-refractivity contribution is 6.07. The van der Waals surface area contributed by atoms with Crippen molar-refractivity contribution in [3.8, 4) is 0 Å². The fourth-order valence-electron chi connectivity index (χ4n) is 3.07. The second kappa shape index (κ2) is 7.19. The van der Waals surface area contributed by atoms with Gasteiger partial charge in [-0.05, 0) is 39.0 Å². The van der Waals surface area contributed by atoms with Crippen LogP contribution in [0.1, 0.15) is 27.3 Å². The van der Waals surface area contributed by atoms with E-state index in [1.165, 1.54) is 4.90 Å². The average Bonchev–Trinajstić information content (AvgIpc) is 2.89. The number of pyridine rings is 1. The van der Waals surface area contributed by atoms with Gasteiger partial charge in [0.2, 0.25) is 5.91 Å². The van der Waals surface area contributed by atoms with Crippen molar-refractivity contribution in [1.82, 2.24) is 19.7 Å². The van der Waals surface area contributed by atoms with Gasteiger partial charge in [-0.3, -0.25) is 14.3 Å². The van der Waals surface area contributed by atoms with Crippen molar-refractivity contribution in [1.29, 1.82) is 0 Å². The number of aryl methyl sites for hydroxylation is 4. The molecule has 2 heterocycles. The minimum Gasteiger partial charge on any atom is -0.332 e. The maximum absolute atomic E-state index is 13.0. The maximum atomic E-state index is 13.0. The van der Waals surface area contributed by atoms with Crippen LogP contribution < -0.4 is 5.32 Å². The van der Waals surface area contributed by atoms with Crippen LogP contribution in [0.2, 0.25) is 0 Å². The molecule has 2 aromatic heterocycles. The summed E-state index contributed by atoms with van der Waals surface area (Å²) in [5.74, 6) is -0.486. The predicted octanol–water partition coefficient (Wildman–Crippen LogP) is 2.60. The van der Waals surface area contributed by atoms with Crippen LogP contribution in [-0.4, -0.2) is 45.1 Å². The SMILES string of the molecule is Cc1ccc(NC(=O)CN(C)C(=O)c2cc(C)nc3c2c(C)nn3C)cc1. The third kappa shape index (κ3) is 3.81. The summed E-state index contributed by atoms with van der Waals surface area (Å²) >= 11 is 0. The van der Waals surface area contributed by atoms with Crippen LogP contribution in [0.5, 0.6) is 0 Å². The summed E-state index contributed by atoms with van der Waals surface area (Å²) in [6.45, 7) is 5.62. The predicted molar refractivity (Wildman–Crippen MR) is 105 cm³/mol. The van der Waals surface area contributed by atoms with Gasteiger partial charge in [0.05, 0.1) is 23.2 Å². The largest absolute Gasteiger partial charge is 0.332 e. The average molecular weight is 365 g/mol. The number of likely N-dealkylation sites (N-methyl/N-ethyl adjacent to an activating group) is 1. The zero-order valence-electron chi connectivity index (χ0n) is 16.2. The van der Waals surface area contributed by atoms with Crippen molar-refractivity contribution >= 4 is 28.5 Å². The summed E-state index contributed by atoms with van der Waals surface area (Å²) in [4.78, 5) is 31.2. The number of hydrogen-bond donors (Lipinski definition) is 1. The molecule has 3 rings (SSSR count). The van der Waals surface area contributed by atoms with E-state index in [0.717, 1.165) is 22.3 Å². The molecule has 0 spiro atoms. The Balaban J connectivity index is 1.80. The first-order valence-corrected chi connectivity index (χ1v) is 8.69. The van der Waals surface area contributed by atoms with E-state index >= 15 is 0 Å². The molecule has 3 aromatic rings. The molecule has 140 valence electrons. The second-order valence-electron chi connectivity index (χ2n) is 6.79. The van der Waals surface area contributed by atoms with Crippen molar-refractivity contribution in [2.75, 3.05) is 18.9 Å². The highest BCUT2D eigenvalue weighted by Gasteiger charge is 2.21. The van der Waals surface area contributed by atoms with E-state index in [1.54, 1.807) is 24.8 Å². The Bertz CT molecular complexity index is 1020. The van der Waals surface area contributed by atoms with Gasteiger partial charge in [-0.2, -0.15) is 5.10 Å². The molecule has 0 aliphatic carbocycles. The first-order chi connectivity index (χ1) is 12.8. The molecule has 0 saturated heterocycles. The van der Waals surface area contributed by atoms with Gasteiger partial charge in [-0.15, -0.1) is 0 Å². The van der Waals surface area contributed by atoms with Gasteiger partial charge >= 0.3 is 0 Å². The minimum absolute atomic E-state index is 0.0467. The third-order valence-corrected chi connectivity index (χ3v) is 4.39. The molecular weight excluding hydrogens is 342 g/mol. The number of anilines is 1. The van der Waals surface area contributed by atoms with E-state index in [1.807, 2.05) is 45.0 Å². The zero-order valence-corrected chi connectivity index (χ0v) is 16.2. The third-order valence-electron chi connectivity index (χ3n) is 4.39. The molecule has 0 radical (unpaired) electrons. The van der Waals surface area contributed by atoms with E-state index in [9.17, 15) is 9.59 Å².